The van der Waals surface area contributed by atoms with Crippen LogP contribution in [0.3, 0.4) is 0 Å². The first-order chi connectivity index (χ1) is 23.1. The molecule has 0 unspecified atom stereocenters. The fraction of sp³-hybridized carbons (Fsp3) is 0.256. The van der Waals surface area contributed by atoms with E-state index in [9.17, 15) is 0 Å². The SMILES string of the molecule is CCCc1nn(-c2cc(Oc3ccc4c5ccccc5n(-c5cc(C)ccn5)c4c3)cc(C(C)C)c2)c(C(C)(C)C)c1-c1ccccc1. The molecule has 7 aromatic rings. The largest absolute Gasteiger partial charge is 0.457 e. The zero-order valence-electron chi connectivity index (χ0n) is 29.1. The van der Waals surface area contributed by atoms with Crippen LogP contribution in [0.5, 0.6) is 11.5 Å². The monoisotopic (exact) mass is 632 g/mol. The quantitative estimate of drug-likeness (QED) is 0.167. The van der Waals surface area contributed by atoms with E-state index in [1.165, 1.54) is 38.7 Å². The van der Waals surface area contributed by atoms with E-state index in [0.717, 1.165) is 52.6 Å². The van der Waals surface area contributed by atoms with Gasteiger partial charge >= 0.3 is 0 Å². The smallest absolute Gasteiger partial charge is 0.137 e. The minimum absolute atomic E-state index is 0.151. The van der Waals surface area contributed by atoms with Gasteiger partial charge in [0.05, 0.1) is 28.1 Å². The molecule has 0 aliphatic heterocycles. The summed E-state index contributed by atoms with van der Waals surface area (Å²) in [6.07, 6.45) is 3.82. The summed E-state index contributed by atoms with van der Waals surface area (Å²) in [5, 5.41) is 7.69. The summed E-state index contributed by atoms with van der Waals surface area (Å²) >= 11 is 0. The van der Waals surface area contributed by atoms with E-state index in [1.807, 2.05) is 12.3 Å². The molecule has 0 fully saturated rings. The Balaban J connectivity index is 1.38. The molecule has 0 atom stereocenters. The van der Waals surface area contributed by atoms with Gasteiger partial charge in [0.1, 0.15) is 17.3 Å². The lowest BCUT2D eigenvalue weighted by atomic mass is 9.85. The van der Waals surface area contributed by atoms with Crippen LogP contribution in [-0.4, -0.2) is 19.3 Å². The fourth-order valence-electron chi connectivity index (χ4n) is 6.82. The van der Waals surface area contributed by atoms with Crippen LogP contribution in [0.25, 0.3) is 44.4 Å². The number of ether oxygens (including phenoxy) is 1. The summed E-state index contributed by atoms with van der Waals surface area (Å²) in [6.45, 7) is 15.6. The number of hydrogen-bond donors (Lipinski definition) is 0. The molecule has 0 spiro atoms. The van der Waals surface area contributed by atoms with Gasteiger partial charge in [-0.2, -0.15) is 5.10 Å². The normalized spacial score (nSPS) is 12.0. The van der Waals surface area contributed by atoms with Crippen LogP contribution < -0.4 is 4.74 Å². The van der Waals surface area contributed by atoms with Crippen LogP contribution in [-0.2, 0) is 11.8 Å². The maximum Gasteiger partial charge on any atom is 0.137 e. The highest BCUT2D eigenvalue weighted by atomic mass is 16.5. The molecule has 0 radical (unpaired) electrons. The molecule has 7 rings (SSSR count). The number of para-hydroxylation sites is 1. The zero-order valence-corrected chi connectivity index (χ0v) is 29.1. The van der Waals surface area contributed by atoms with Crippen molar-refractivity contribution < 1.29 is 4.74 Å². The third-order valence-electron chi connectivity index (χ3n) is 9.05. The van der Waals surface area contributed by atoms with Gasteiger partial charge in [-0.25, -0.2) is 9.67 Å². The first-order valence-corrected chi connectivity index (χ1v) is 17.1. The molecule has 3 aromatic heterocycles. The molecule has 0 N–H and O–H groups in total. The number of rotatable bonds is 8. The standard InChI is InChI=1S/C43H44N4O/c1-8-14-37-41(30-15-10-9-11-16-30)42(43(5,6)7)47(45-37)32-24-31(28(2)3)25-34(26-32)48-33-19-20-36-35-17-12-13-18-38(35)46(39(36)27-33)40-23-29(4)21-22-44-40/h9-13,15-28H,8,14H2,1-7H3. The van der Waals surface area contributed by atoms with Crippen LogP contribution in [0.1, 0.15) is 76.4 Å². The number of fused-ring (bicyclic) bond motifs is 3. The van der Waals surface area contributed by atoms with E-state index in [2.05, 4.69) is 155 Å². The predicted molar refractivity (Wildman–Crippen MR) is 199 cm³/mol. The van der Waals surface area contributed by atoms with Crippen molar-refractivity contribution in [1.82, 2.24) is 19.3 Å². The molecule has 3 heterocycles. The Morgan fingerprint density at radius 2 is 1.52 bits per heavy atom. The van der Waals surface area contributed by atoms with Crippen LogP contribution >= 0.6 is 0 Å². The first kappa shape index (κ1) is 31.4. The zero-order chi connectivity index (χ0) is 33.6. The molecule has 0 bridgehead atoms. The minimum atomic E-state index is -0.151. The Hall–Kier alpha value is -5.16. The molecule has 242 valence electrons. The Morgan fingerprint density at radius 1 is 0.771 bits per heavy atom. The summed E-state index contributed by atoms with van der Waals surface area (Å²) in [7, 11) is 0. The Labute approximate surface area is 283 Å². The van der Waals surface area contributed by atoms with Gasteiger partial charge in [0.25, 0.3) is 0 Å². The number of nitrogens with zero attached hydrogens (tertiary/aromatic N) is 4. The van der Waals surface area contributed by atoms with Gasteiger partial charge in [-0.15, -0.1) is 0 Å². The van der Waals surface area contributed by atoms with E-state index in [0.29, 0.717) is 5.92 Å². The second-order valence-electron chi connectivity index (χ2n) is 14.2. The van der Waals surface area contributed by atoms with Crippen LogP contribution in [0.4, 0.5) is 0 Å². The summed E-state index contributed by atoms with van der Waals surface area (Å²) in [6, 6.07) is 36.4. The molecule has 5 heteroatoms. The van der Waals surface area contributed by atoms with Gasteiger partial charge in [-0.3, -0.25) is 4.57 Å². The average Bonchev–Trinajstić information content (AvgIpc) is 3.61. The van der Waals surface area contributed by atoms with Gasteiger partial charge in [-0.05, 0) is 78.4 Å². The lowest BCUT2D eigenvalue weighted by molar-refractivity contribution is 0.480. The molecular weight excluding hydrogens is 589 g/mol. The summed E-state index contributed by atoms with van der Waals surface area (Å²) in [5.41, 5.74) is 10.2. The maximum atomic E-state index is 6.77. The van der Waals surface area contributed by atoms with Crippen molar-refractivity contribution in [2.75, 3.05) is 0 Å². The van der Waals surface area contributed by atoms with Crippen LogP contribution in [0.2, 0.25) is 0 Å². The molecule has 48 heavy (non-hydrogen) atoms. The van der Waals surface area contributed by atoms with E-state index in [-0.39, 0.29) is 5.41 Å². The Morgan fingerprint density at radius 3 is 2.25 bits per heavy atom. The van der Waals surface area contributed by atoms with Crippen molar-refractivity contribution in [1.29, 1.82) is 0 Å². The molecule has 4 aromatic carbocycles. The average molecular weight is 633 g/mol. The van der Waals surface area contributed by atoms with Crippen molar-refractivity contribution >= 4 is 21.8 Å². The summed E-state index contributed by atoms with van der Waals surface area (Å²) < 4.78 is 11.2. The number of aryl methyl sites for hydroxylation is 2. The molecule has 5 nitrogen and oxygen atoms in total. The highest BCUT2D eigenvalue weighted by molar-refractivity contribution is 6.09. The van der Waals surface area contributed by atoms with Gasteiger partial charge in [0.2, 0.25) is 0 Å². The fourth-order valence-corrected chi connectivity index (χ4v) is 6.82. The maximum absolute atomic E-state index is 6.77. The molecule has 0 saturated heterocycles. The van der Waals surface area contributed by atoms with Crippen molar-refractivity contribution in [2.24, 2.45) is 0 Å². The predicted octanol–water partition coefficient (Wildman–Crippen LogP) is 11.5. The van der Waals surface area contributed by atoms with Crippen LogP contribution in [0, 0.1) is 6.92 Å². The molecule has 0 aliphatic rings. The van der Waals surface area contributed by atoms with Gasteiger partial charge in [0, 0.05) is 40.1 Å². The van der Waals surface area contributed by atoms with E-state index in [1.54, 1.807) is 0 Å². The molecule has 0 saturated carbocycles. The Bertz CT molecular complexity index is 2250. The third-order valence-corrected chi connectivity index (χ3v) is 9.05. The number of pyridine rings is 1. The van der Waals surface area contributed by atoms with Crippen LogP contribution in [0.15, 0.2) is 109 Å². The second-order valence-corrected chi connectivity index (χ2v) is 14.2. The Kier molecular flexibility index (Phi) is 8.16. The van der Waals surface area contributed by atoms with E-state index in [4.69, 9.17) is 14.8 Å². The molecule has 0 amide bonds. The van der Waals surface area contributed by atoms with Gasteiger partial charge in [0.15, 0.2) is 0 Å². The first-order valence-electron chi connectivity index (χ1n) is 17.1. The summed E-state index contributed by atoms with van der Waals surface area (Å²) in [4.78, 5) is 4.76. The number of hydrogen-bond acceptors (Lipinski definition) is 3. The van der Waals surface area contributed by atoms with Crippen molar-refractivity contribution in [2.45, 2.75) is 72.6 Å². The lowest BCUT2D eigenvalue weighted by Gasteiger charge is -2.24. The van der Waals surface area contributed by atoms with Crippen molar-refractivity contribution in [3.05, 3.63) is 132 Å². The molecular formula is C43H44N4O. The highest BCUT2D eigenvalue weighted by Crippen LogP contribution is 2.40. The van der Waals surface area contributed by atoms with Gasteiger partial charge < -0.3 is 4.74 Å². The lowest BCUT2D eigenvalue weighted by Crippen LogP contribution is -2.19. The summed E-state index contributed by atoms with van der Waals surface area (Å²) in [5.74, 6) is 2.77. The van der Waals surface area contributed by atoms with Gasteiger partial charge in [-0.1, -0.05) is 96.5 Å². The molecule has 0 aliphatic carbocycles. The van der Waals surface area contributed by atoms with Crippen molar-refractivity contribution in [3.63, 3.8) is 0 Å². The number of benzene rings is 4. The van der Waals surface area contributed by atoms with E-state index >= 15 is 0 Å². The number of aromatic nitrogens is 4. The van der Waals surface area contributed by atoms with E-state index < -0.39 is 0 Å². The topological polar surface area (TPSA) is 44.9 Å². The minimum Gasteiger partial charge on any atom is -0.457 e. The van der Waals surface area contributed by atoms with Crippen molar-refractivity contribution in [3.8, 4) is 34.1 Å². The highest BCUT2D eigenvalue weighted by Gasteiger charge is 2.29. The third kappa shape index (κ3) is 5.79. The second kappa shape index (κ2) is 12.5.